The SMILES string of the molecule is C=C1C[C@H](C)O[C]1=[Cr].[C-]#[O+].[C-]#[O+].[C-]#[O+].[C-]#[O+].[C-]#[O+]. The van der Waals surface area contributed by atoms with Crippen LogP contribution in [0, 0.1) is 33.3 Å². The van der Waals surface area contributed by atoms with E-state index in [1.807, 2.05) is 6.92 Å². The molecule has 0 saturated carbocycles. The molecule has 1 aliphatic heterocycles. The molecule has 1 rings (SSSR count). The van der Waals surface area contributed by atoms with Crippen LogP contribution in [0.3, 0.4) is 0 Å². The zero-order chi connectivity index (χ0) is 16.1. The van der Waals surface area contributed by atoms with E-state index >= 15 is 0 Å². The van der Waals surface area contributed by atoms with Crippen LogP contribution in [0.4, 0.5) is 0 Å². The second-order valence-corrected chi connectivity index (χ2v) is 2.60. The summed E-state index contributed by atoms with van der Waals surface area (Å²) in [6, 6.07) is 0. The molecule has 0 aromatic heterocycles. The molecule has 0 aromatic carbocycles. The van der Waals surface area contributed by atoms with Crippen molar-refractivity contribution in [2.75, 3.05) is 0 Å². The minimum atomic E-state index is 0.332. The van der Waals surface area contributed by atoms with E-state index in [4.69, 9.17) is 28.0 Å². The zero-order valence-electron chi connectivity index (χ0n) is 9.35. The Labute approximate surface area is 114 Å². The molecule has 7 heteroatoms. The van der Waals surface area contributed by atoms with Gasteiger partial charge in [0.15, 0.2) is 0 Å². The van der Waals surface area contributed by atoms with Crippen molar-refractivity contribution in [2.45, 2.75) is 19.4 Å². The Morgan fingerprint density at radius 3 is 1.33 bits per heavy atom. The van der Waals surface area contributed by atoms with Gasteiger partial charge in [-0.05, 0) is 0 Å². The molecule has 18 heavy (non-hydrogen) atoms. The van der Waals surface area contributed by atoms with Crippen molar-refractivity contribution in [3.63, 3.8) is 0 Å². The van der Waals surface area contributed by atoms with Crippen LogP contribution in [-0.2, 0) is 43.8 Å². The first kappa shape index (κ1) is 30.1. The topological polar surface area (TPSA) is 109 Å². The number of rotatable bonds is 0. The number of hydrogen-bond acceptors (Lipinski definition) is 1. The van der Waals surface area contributed by atoms with E-state index < -0.39 is 0 Å². The third kappa shape index (κ3) is 24.2. The molecule has 1 aliphatic rings. The summed E-state index contributed by atoms with van der Waals surface area (Å²) in [5, 5.41) is 0. The average molecular weight is 288 g/mol. The monoisotopic (exact) mass is 288 g/mol. The molecule has 0 bridgehead atoms. The summed E-state index contributed by atoms with van der Waals surface area (Å²) in [6.45, 7) is 28.3. The van der Waals surface area contributed by atoms with Gasteiger partial charge in [-0.1, -0.05) is 0 Å². The fraction of sp³-hybridized carbons (Fsp3) is 0.273. The summed E-state index contributed by atoms with van der Waals surface area (Å²) in [7, 11) is 0. The molecule has 0 radical (unpaired) electrons. The predicted octanol–water partition coefficient (Wildman–Crippen LogP) is 0.841. The van der Waals surface area contributed by atoms with Crippen molar-refractivity contribution >= 4 is 4.57 Å². The quantitative estimate of drug-likeness (QED) is 0.477. The van der Waals surface area contributed by atoms with E-state index in [9.17, 15) is 0 Å². The normalized spacial score (nSPS) is 13.6. The third-order valence-corrected chi connectivity index (χ3v) is 1.73. The van der Waals surface area contributed by atoms with E-state index in [1.54, 1.807) is 0 Å². The van der Waals surface area contributed by atoms with E-state index in [2.05, 4.69) is 55.7 Å². The molecule has 0 N–H and O–H groups in total. The van der Waals surface area contributed by atoms with Gasteiger partial charge in [0.05, 0.1) is 0 Å². The Morgan fingerprint density at radius 2 is 1.28 bits per heavy atom. The van der Waals surface area contributed by atoms with Crippen molar-refractivity contribution in [2.24, 2.45) is 0 Å². The zero-order valence-corrected chi connectivity index (χ0v) is 10.6. The van der Waals surface area contributed by atoms with Crippen LogP contribution in [-0.4, -0.2) is 10.7 Å². The van der Waals surface area contributed by atoms with Gasteiger partial charge in [0.2, 0.25) is 0 Å². The van der Waals surface area contributed by atoms with E-state index in [0.29, 0.717) is 6.10 Å². The summed E-state index contributed by atoms with van der Waals surface area (Å²) >= 11 is 2.81. The first-order valence-corrected chi connectivity index (χ1v) is 4.24. The van der Waals surface area contributed by atoms with Crippen molar-refractivity contribution < 1.29 is 43.8 Å². The maximum absolute atomic E-state index is 7.50. The van der Waals surface area contributed by atoms with Gasteiger partial charge in [-0.2, -0.15) is 0 Å². The second kappa shape index (κ2) is 36.0. The van der Waals surface area contributed by atoms with Gasteiger partial charge in [-0.3, -0.25) is 0 Å². The van der Waals surface area contributed by atoms with E-state index in [1.165, 1.54) is 0 Å². The third-order valence-electron chi connectivity index (χ3n) is 1.13. The molecule has 0 unspecified atom stereocenters. The summed E-state index contributed by atoms with van der Waals surface area (Å²) < 4.78 is 43.6. The molecule has 1 heterocycles. The summed E-state index contributed by atoms with van der Waals surface area (Å²) in [4.78, 5) is 0. The molecular formula is C11H8CrO6. The number of hydrogen-bond donors (Lipinski definition) is 0. The van der Waals surface area contributed by atoms with Crippen LogP contribution in [0.5, 0.6) is 0 Å². The molecule has 0 amide bonds. The van der Waals surface area contributed by atoms with Gasteiger partial charge < -0.3 is 0 Å². The summed E-state index contributed by atoms with van der Waals surface area (Å²) in [5.41, 5.74) is 1.09. The Hall–Kier alpha value is -1.20. The summed E-state index contributed by atoms with van der Waals surface area (Å²) in [6.07, 6.45) is 1.31. The molecular weight excluding hydrogens is 280 g/mol. The van der Waals surface area contributed by atoms with Gasteiger partial charge in [0.25, 0.3) is 0 Å². The Morgan fingerprint density at radius 1 is 1.00 bits per heavy atom. The predicted molar refractivity (Wildman–Crippen MR) is 49.0 cm³/mol. The van der Waals surface area contributed by atoms with Crippen LogP contribution >= 0.6 is 0 Å². The standard InChI is InChI=1S/C6H8O.5CO.Cr/c1-5-3-6(2)7-4-5;5*1-2;/h6H,1,3H2,2H3;;;;;;/t6-;;;;;;/m0....../s1. The first-order chi connectivity index (χ1) is 8.70. The molecule has 0 aromatic rings. The first-order valence-electron chi connectivity index (χ1n) is 3.61. The fourth-order valence-electron chi connectivity index (χ4n) is 0.738. The molecule has 1 atom stereocenters. The number of ether oxygens (including phenoxy) is 1. The van der Waals surface area contributed by atoms with Gasteiger partial charge >= 0.3 is 113 Å². The van der Waals surface area contributed by atoms with Crippen molar-refractivity contribution in [3.8, 4) is 0 Å². The molecule has 0 aliphatic carbocycles. The Balaban J connectivity index is -0.0000000482. The van der Waals surface area contributed by atoms with Crippen molar-refractivity contribution in [3.05, 3.63) is 45.4 Å². The van der Waals surface area contributed by atoms with Crippen molar-refractivity contribution in [1.82, 2.24) is 0 Å². The van der Waals surface area contributed by atoms with Gasteiger partial charge in [-0.25, -0.2) is 0 Å². The summed E-state index contributed by atoms with van der Waals surface area (Å²) in [5.74, 6) is 0. The Bertz CT molecular complexity index is 259. The van der Waals surface area contributed by atoms with Crippen LogP contribution in [0.1, 0.15) is 13.3 Å². The minimum absolute atomic E-state index is 0.332. The fourth-order valence-corrected chi connectivity index (χ4v) is 1.12. The Kier molecular flexibility index (Phi) is 60.3. The van der Waals surface area contributed by atoms with Crippen molar-refractivity contribution in [1.29, 1.82) is 0 Å². The van der Waals surface area contributed by atoms with Crippen LogP contribution in [0.25, 0.3) is 0 Å². The molecule has 0 spiro atoms. The van der Waals surface area contributed by atoms with Gasteiger partial charge in [0, 0.05) is 0 Å². The van der Waals surface area contributed by atoms with Crippen LogP contribution in [0.2, 0.25) is 0 Å². The van der Waals surface area contributed by atoms with Crippen LogP contribution in [0.15, 0.2) is 12.2 Å². The van der Waals surface area contributed by atoms with Gasteiger partial charge in [-0.15, -0.1) is 0 Å². The van der Waals surface area contributed by atoms with Crippen LogP contribution < -0.4 is 0 Å². The molecule has 1 fully saturated rings. The van der Waals surface area contributed by atoms with E-state index in [-0.39, 0.29) is 0 Å². The van der Waals surface area contributed by atoms with Gasteiger partial charge in [0.1, 0.15) is 0 Å². The van der Waals surface area contributed by atoms with E-state index in [0.717, 1.165) is 16.6 Å². The maximum atomic E-state index is 7.50. The molecule has 1 saturated heterocycles. The average Bonchev–Trinajstić information content (AvgIpc) is 2.78. The molecule has 94 valence electrons. The molecule has 6 nitrogen and oxygen atoms in total. The second-order valence-electron chi connectivity index (χ2n) is 2.02.